The molecule has 2 N–H and O–H groups in total. The Morgan fingerprint density at radius 1 is 1.27 bits per heavy atom. The first kappa shape index (κ1) is 19.0. The van der Waals surface area contributed by atoms with Gasteiger partial charge in [0.15, 0.2) is 0 Å². The number of hydrazine groups is 1. The summed E-state index contributed by atoms with van der Waals surface area (Å²) >= 11 is 0. The quantitative estimate of drug-likeness (QED) is 0.797. The number of halogens is 2. The highest BCUT2D eigenvalue weighted by molar-refractivity contribution is 5.34. The van der Waals surface area contributed by atoms with Crippen LogP contribution in [0.3, 0.4) is 0 Å². The van der Waals surface area contributed by atoms with E-state index in [0.29, 0.717) is 43.5 Å². The zero-order valence-corrected chi connectivity index (χ0v) is 16.4. The summed E-state index contributed by atoms with van der Waals surface area (Å²) in [6.07, 6.45) is 11.7. The SMILES string of the molecule is FC1(Cc2nnc(N3CCc4nc[nH]c4C3)o2)CCC1.FC1=CC=CN2NCC=C12. The van der Waals surface area contributed by atoms with Gasteiger partial charge >= 0.3 is 6.01 Å². The number of hydrogen-bond donors (Lipinski definition) is 2. The van der Waals surface area contributed by atoms with E-state index < -0.39 is 5.67 Å². The molecular weight excluding hydrogens is 392 g/mol. The fourth-order valence-corrected chi connectivity index (χ4v) is 3.90. The van der Waals surface area contributed by atoms with E-state index in [1.165, 1.54) is 6.08 Å². The van der Waals surface area contributed by atoms with Crippen LogP contribution in [0.5, 0.6) is 0 Å². The Balaban J connectivity index is 0.000000161. The highest BCUT2D eigenvalue weighted by atomic mass is 19.1. The van der Waals surface area contributed by atoms with Crippen molar-refractivity contribution in [2.24, 2.45) is 0 Å². The number of nitrogens with zero attached hydrogens (tertiary/aromatic N) is 5. The van der Waals surface area contributed by atoms with Crippen molar-refractivity contribution in [3.8, 4) is 0 Å². The van der Waals surface area contributed by atoms with E-state index in [4.69, 9.17) is 4.42 Å². The van der Waals surface area contributed by atoms with Gasteiger partial charge in [0.2, 0.25) is 5.89 Å². The lowest BCUT2D eigenvalue weighted by molar-refractivity contribution is 0.0569. The Kier molecular flexibility index (Phi) is 4.86. The van der Waals surface area contributed by atoms with Crippen molar-refractivity contribution in [1.29, 1.82) is 0 Å². The molecule has 1 saturated carbocycles. The second kappa shape index (κ2) is 7.67. The summed E-state index contributed by atoms with van der Waals surface area (Å²) in [5.41, 5.74) is 4.64. The summed E-state index contributed by atoms with van der Waals surface area (Å²) in [7, 11) is 0. The number of anilines is 1. The number of hydrogen-bond acceptors (Lipinski definition) is 7. The van der Waals surface area contributed by atoms with Crippen LogP contribution in [0.25, 0.3) is 0 Å². The standard InChI is InChI=1S/C13H16FN5O.C7H7FN2/c14-13(3-1-4-13)6-11-17-18-12(20-11)19-5-2-9-10(7-19)16-8-15-9;8-6-2-1-5-10-7(6)3-4-9-10/h8H,1-7H2,(H,15,16);1-3,5,9H,4H2. The maximum atomic E-state index is 14.0. The van der Waals surface area contributed by atoms with Gasteiger partial charge in [0.05, 0.1) is 36.4 Å². The number of aromatic amines is 1. The molecule has 6 rings (SSSR count). The molecular formula is C20H23F2N7O. The molecule has 4 aliphatic rings. The summed E-state index contributed by atoms with van der Waals surface area (Å²) in [5.74, 6) is 0.227. The lowest BCUT2D eigenvalue weighted by Gasteiger charge is -2.32. The lowest BCUT2D eigenvalue weighted by atomic mass is 9.80. The minimum atomic E-state index is -1.12. The lowest BCUT2D eigenvalue weighted by Crippen LogP contribution is -2.34. The van der Waals surface area contributed by atoms with Crippen molar-refractivity contribution < 1.29 is 13.2 Å². The van der Waals surface area contributed by atoms with Gasteiger partial charge in [0.1, 0.15) is 11.5 Å². The third-order valence-electron chi connectivity index (χ3n) is 5.76. The first-order valence-corrected chi connectivity index (χ1v) is 10.1. The van der Waals surface area contributed by atoms with Crippen LogP contribution >= 0.6 is 0 Å². The van der Waals surface area contributed by atoms with E-state index in [-0.39, 0.29) is 12.2 Å². The molecule has 158 valence electrons. The van der Waals surface area contributed by atoms with Crippen LogP contribution in [0.1, 0.15) is 36.5 Å². The van der Waals surface area contributed by atoms with Gasteiger partial charge in [0, 0.05) is 25.7 Å². The minimum Gasteiger partial charge on any atom is -0.408 e. The largest absolute Gasteiger partial charge is 0.408 e. The maximum absolute atomic E-state index is 14.0. The van der Waals surface area contributed by atoms with Crippen LogP contribution in [0, 0.1) is 0 Å². The van der Waals surface area contributed by atoms with Crippen LogP contribution in [-0.2, 0) is 19.4 Å². The third kappa shape index (κ3) is 3.74. The van der Waals surface area contributed by atoms with Crippen molar-refractivity contribution >= 4 is 6.01 Å². The first-order valence-electron chi connectivity index (χ1n) is 10.1. The molecule has 5 heterocycles. The summed E-state index contributed by atoms with van der Waals surface area (Å²) in [6, 6.07) is 0.475. The number of allylic oxidation sites excluding steroid dienone is 3. The Morgan fingerprint density at radius 2 is 2.17 bits per heavy atom. The van der Waals surface area contributed by atoms with E-state index in [1.807, 2.05) is 11.0 Å². The Morgan fingerprint density at radius 3 is 2.97 bits per heavy atom. The van der Waals surface area contributed by atoms with Gasteiger partial charge in [-0.3, -0.25) is 5.01 Å². The van der Waals surface area contributed by atoms with E-state index in [0.717, 1.165) is 30.8 Å². The van der Waals surface area contributed by atoms with Gasteiger partial charge in [0.25, 0.3) is 0 Å². The zero-order valence-electron chi connectivity index (χ0n) is 16.4. The van der Waals surface area contributed by atoms with Crippen LogP contribution in [0.2, 0.25) is 0 Å². The molecule has 0 amide bonds. The normalized spacial score (nSPS) is 21.1. The summed E-state index contributed by atoms with van der Waals surface area (Å²) in [6.45, 7) is 2.18. The molecule has 0 radical (unpaired) electrons. The summed E-state index contributed by atoms with van der Waals surface area (Å²) < 4.78 is 32.5. The van der Waals surface area contributed by atoms with Gasteiger partial charge in [-0.15, -0.1) is 5.10 Å². The number of nitrogens with one attached hydrogen (secondary N) is 2. The van der Waals surface area contributed by atoms with Crippen LogP contribution in [-0.4, -0.2) is 43.9 Å². The van der Waals surface area contributed by atoms with Crippen molar-refractivity contribution in [2.45, 2.75) is 44.3 Å². The van der Waals surface area contributed by atoms with Gasteiger partial charge in [-0.05, 0) is 37.5 Å². The monoisotopic (exact) mass is 415 g/mol. The Bertz CT molecular complexity index is 1000. The van der Waals surface area contributed by atoms with Crippen LogP contribution in [0.4, 0.5) is 14.8 Å². The number of fused-ring (bicyclic) bond motifs is 2. The van der Waals surface area contributed by atoms with Gasteiger partial charge in [-0.2, -0.15) is 0 Å². The van der Waals surface area contributed by atoms with Crippen molar-refractivity contribution in [1.82, 2.24) is 30.6 Å². The second-order valence-electron chi connectivity index (χ2n) is 7.84. The molecule has 3 aliphatic heterocycles. The topological polar surface area (TPSA) is 86.1 Å². The molecule has 0 atom stereocenters. The highest BCUT2D eigenvalue weighted by Gasteiger charge is 2.39. The predicted octanol–water partition coefficient (Wildman–Crippen LogP) is 2.86. The molecule has 0 aromatic carbocycles. The maximum Gasteiger partial charge on any atom is 0.318 e. The third-order valence-corrected chi connectivity index (χ3v) is 5.76. The number of aromatic nitrogens is 4. The number of alkyl halides is 1. The average molecular weight is 415 g/mol. The van der Waals surface area contributed by atoms with Crippen molar-refractivity contribution in [3.63, 3.8) is 0 Å². The average Bonchev–Trinajstić information content (AvgIpc) is 3.47. The Labute approximate surface area is 172 Å². The molecule has 1 fully saturated rings. The van der Waals surface area contributed by atoms with E-state index in [1.54, 1.807) is 23.6 Å². The van der Waals surface area contributed by atoms with Crippen LogP contribution in [0.15, 0.2) is 46.7 Å². The van der Waals surface area contributed by atoms with Crippen molar-refractivity contribution in [3.05, 3.63) is 59.6 Å². The van der Waals surface area contributed by atoms with E-state index in [2.05, 4.69) is 25.6 Å². The number of H-pyrrole nitrogens is 1. The fraction of sp³-hybridized carbons (Fsp3) is 0.450. The smallest absolute Gasteiger partial charge is 0.318 e. The molecule has 1 aliphatic carbocycles. The van der Waals surface area contributed by atoms with Gasteiger partial charge in [-0.25, -0.2) is 19.2 Å². The molecule has 30 heavy (non-hydrogen) atoms. The van der Waals surface area contributed by atoms with E-state index >= 15 is 0 Å². The molecule has 0 spiro atoms. The Hall–Kier alpha value is -3.01. The molecule has 0 unspecified atom stereocenters. The number of imidazole rings is 1. The zero-order chi connectivity index (χ0) is 20.6. The molecule has 2 aromatic rings. The van der Waals surface area contributed by atoms with Gasteiger partial charge < -0.3 is 14.3 Å². The van der Waals surface area contributed by atoms with Gasteiger partial charge in [-0.1, -0.05) is 5.10 Å². The molecule has 8 nitrogen and oxygen atoms in total. The summed E-state index contributed by atoms with van der Waals surface area (Å²) in [4.78, 5) is 9.38. The second-order valence-corrected chi connectivity index (χ2v) is 7.84. The minimum absolute atomic E-state index is 0.174. The molecule has 2 aromatic heterocycles. The van der Waals surface area contributed by atoms with Crippen LogP contribution < -0.4 is 10.3 Å². The first-order chi connectivity index (χ1) is 14.6. The van der Waals surface area contributed by atoms with Crippen molar-refractivity contribution in [2.75, 3.05) is 18.0 Å². The number of rotatable bonds is 3. The molecule has 0 bridgehead atoms. The molecule has 10 heteroatoms. The van der Waals surface area contributed by atoms with E-state index in [9.17, 15) is 8.78 Å². The summed E-state index contributed by atoms with van der Waals surface area (Å²) in [5, 5.41) is 9.70. The fourth-order valence-electron chi connectivity index (χ4n) is 3.90. The molecule has 0 saturated heterocycles. The predicted molar refractivity (Wildman–Crippen MR) is 105 cm³/mol. The highest BCUT2D eigenvalue weighted by Crippen LogP contribution is 2.38.